The van der Waals surface area contributed by atoms with Crippen LogP contribution >= 0.6 is 11.8 Å². The standard InChI is InChI=1S/C23H25FN4O2S/c1-27-22-10-11-28(23(29)25-17-7-5-8-18(12-17)31-2)13-19(22)21(26-27)15-30-14-16-6-3-4-9-20(16)24/h3-9,12H,10-11,13-15H2,1-2H3,(H,25,29). The molecule has 0 aliphatic carbocycles. The van der Waals surface area contributed by atoms with E-state index in [9.17, 15) is 9.18 Å². The van der Waals surface area contributed by atoms with E-state index in [2.05, 4.69) is 10.4 Å². The molecule has 2 aromatic carbocycles. The van der Waals surface area contributed by atoms with Crippen LogP contribution in [-0.2, 0) is 38.0 Å². The first-order valence-corrected chi connectivity index (χ1v) is 11.3. The van der Waals surface area contributed by atoms with Crippen LogP contribution in [0.25, 0.3) is 0 Å². The summed E-state index contributed by atoms with van der Waals surface area (Å²) in [6.45, 7) is 1.53. The Hall–Kier alpha value is -2.84. The van der Waals surface area contributed by atoms with Crippen molar-refractivity contribution in [3.63, 3.8) is 0 Å². The summed E-state index contributed by atoms with van der Waals surface area (Å²) >= 11 is 1.63. The fraction of sp³-hybridized carbons (Fsp3) is 0.304. The molecule has 1 aliphatic rings. The molecule has 0 bridgehead atoms. The Labute approximate surface area is 185 Å². The zero-order valence-electron chi connectivity index (χ0n) is 17.6. The highest BCUT2D eigenvalue weighted by atomic mass is 32.2. The SMILES string of the molecule is CSc1cccc(NC(=O)N2CCc3c(c(COCc4ccccc4F)nn3C)C2)c1. The number of amides is 2. The molecule has 162 valence electrons. The predicted molar refractivity (Wildman–Crippen MR) is 119 cm³/mol. The van der Waals surface area contributed by atoms with E-state index in [-0.39, 0.29) is 25.1 Å². The van der Waals surface area contributed by atoms with Gasteiger partial charge in [0, 0.05) is 47.4 Å². The van der Waals surface area contributed by atoms with Crippen LogP contribution in [0.15, 0.2) is 53.4 Å². The van der Waals surface area contributed by atoms with E-state index in [1.165, 1.54) is 6.07 Å². The summed E-state index contributed by atoms with van der Waals surface area (Å²) in [5.74, 6) is -0.279. The van der Waals surface area contributed by atoms with E-state index in [1.807, 2.05) is 42.3 Å². The second kappa shape index (κ2) is 9.53. The maximum Gasteiger partial charge on any atom is 0.322 e. The average Bonchev–Trinajstić information content (AvgIpc) is 3.10. The first kappa shape index (κ1) is 21.4. The number of hydrogen-bond donors (Lipinski definition) is 1. The summed E-state index contributed by atoms with van der Waals surface area (Å²) in [6, 6.07) is 14.2. The molecule has 6 nitrogen and oxygen atoms in total. The van der Waals surface area contributed by atoms with Crippen LogP contribution < -0.4 is 5.32 Å². The number of benzene rings is 2. The van der Waals surface area contributed by atoms with Gasteiger partial charge in [0.05, 0.1) is 25.5 Å². The monoisotopic (exact) mass is 440 g/mol. The second-order valence-corrected chi connectivity index (χ2v) is 8.29. The molecule has 0 unspecified atom stereocenters. The summed E-state index contributed by atoms with van der Waals surface area (Å²) in [7, 11) is 1.91. The fourth-order valence-electron chi connectivity index (χ4n) is 3.74. The first-order valence-electron chi connectivity index (χ1n) is 10.1. The number of halogens is 1. The number of urea groups is 1. The van der Waals surface area contributed by atoms with Crippen LogP contribution in [0.4, 0.5) is 14.9 Å². The van der Waals surface area contributed by atoms with Crippen molar-refractivity contribution in [1.29, 1.82) is 0 Å². The quantitative estimate of drug-likeness (QED) is 0.570. The number of carbonyl (C=O) groups excluding carboxylic acids is 1. The number of aryl methyl sites for hydroxylation is 1. The minimum absolute atomic E-state index is 0.133. The van der Waals surface area contributed by atoms with E-state index < -0.39 is 0 Å². The minimum atomic E-state index is -0.279. The van der Waals surface area contributed by atoms with Crippen molar-refractivity contribution in [1.82, 2.24) is 14.7 Å². The fourth-order valence-corrected chi connectivity index (χ4v) is 4.19. The minimum Gasteiger partial charge on any atom is -0.370 e. The van der Waals surface area contributed by atoms with Crippen LogP contribution in [-0.4, -0.2) is 33.5 Å². The Balaban J connectivity index is 1.42. The second-order valence-electron chi connectivity index (χ2n) is 7.41. The summed E-state index contributed by atoms with van der Waals surface area (Å²) in [4.78, 5) is 15.7. The van der Waals surface area contributed by atoms with Gasteiger partial charge >= 0.3 is 6.03 Å². The van der Waals surface area contributed by atoms with E-state index in [0.29, 0.717) is 18.7 Å². The van der Waals surface area contributed by atoms with E-state index >= 15 is 0 Å². The van der Waals surface area contributed by atoms with Crippen LogP contribution in [0, 0.1) is 5.82 Å². The van der Waals surface area contributed by atoms with Crippen LogP contribution in [0.5, 0.6) is 0 Å². The van der Waals surface area contributed by atoms with E-state index in [0.717, 1.165) is 34.0 Å². The van der Waals surface area contributed by atoms with Gasteiger partial charge in [0.2, 0.25) is 0 Å². The molecule has 31 heavy (non-hydrogen) atoms. The first-order chi connectivity index (χ1) is 15.0. The third-order valence-corrected chi connectivity index (χ3v) is 6.11. The lowest BCUT2D eigenvalue weighted by Crippen LogP contribution is -2.39. The summed E-state index contributed by atoms with van der Waals surface area (Å²) < 4.78 is 21.4. The largest absolute Gasteiger partial charge is 0.370 e. The molecule has 0 atom stereocenters. The van der Waals surface area contributed by atoms with Gasteiger partial charge in [-0.25, -0.2) is 9.18 Å². The lowest BCUT2D eigenvalue weighted by atomic mass is 10.1. The van der Waals surface area contributed by atoms with E-state index in [1.54, 1.807) is 34.9 Å². The molecular formula is C23H25FN4O2S. The summed E-state index contributed by atoms with van der Waals surface area (Å²) in [5, 5.41) is 7.57. The molecule has 2 heterocycles. The summed E-state index contributed by atoms with van der Waals surface area (Å²) in [6.07, 6.45) is 2.73. The topological polar surface area (TPSA) is 59.4 Å². The predicted octanol–water partition coefficient (Wildman–Crippen LogP) is 4.59. The summed E-state index contributed by atoms with van der Waals surface area (Å²) in [5.41, 5.74) is 4.20. The maximum atomic E-state index is 13.8. The molecule has 1 N–H and O–H groups in total. The Morgan fingerprint density at radius 3 is 2.87 bits per heavy atom. The molecule has 2 amide bonds. The smallest absolute Gasteiger partial charge is 0.322 e. The molecule has 4 rings (SSSR count). The number of nitrogens with one attached hydrogen (secondary N) is 1. The van der Waals surface area contributed by atoms with Crippen molar-refractivity contribution in [3.8, 4) is 0 Å². The molecule has 0 spiro atoms. The molecule has 8 heteroatoms. The number of aromatic nitrogens is 2. The van der Waals surface area contributed by atoms with Crippen molar-refractivity contribution in [2.24, 2.45) is 7.05 Å². The molecule has 0 radical (unpaired) electrons. The number of thioether (sulfide) groups is 1. The number of anilines is 1. The number of hydrogen-bond acceptors (Lipinski definition) is 4. The van der Waals surface area contributed by atoms with Gasteiger partial charge in [0.15, 0.2) is 0 Å². The third-order valence-electron chi connectivity index (χ3n) is 5.39. The lowest BCUT2D eigenvalue weighted by molar-refractivity contribution is 0.101. The third kappa shape index (κ3) is 4.91. The maximum absolute atomic E-state index is 13.8. The molecule has 1 aromatic heterocycles. The van der Waals surface area contributed by atoms with Gasteiger partial charge in [0.25, 0.3) is 0 Å². The van der Waals surface area contributed by atoms with Gasteiger partial charge in [-0.05, 0) is 30.5 Å². The molecule has 0 fully saturated rings. The Morgan fingerprint density at radius 1 is 1.23 bits per heavy atom. The zero-order chi connectivity index (χ0) is 21.8. The molecule has 0 saturated heterocycles. The highest BCUT2D eigenvalue weighted by Gasteiger charge is 2.26. The van der Waals surface area contributed by atoms with Gasteiger partial charge in [0.1, 0.15) is 5.82 Å². The Bertz CT molecular complexity index is 1090. The number of ether oxygens (including phenoxy) is 1. The molecular weight excluding hydrogens is 415 g/mol. The number of nitrogens with zero attached hydrogens (tertiary/aromatic N) is 3. The molecule has 1 aliphatic heterocycles. The van der Waals surface area contributed by atoms with Gasteiger partial charge in [-0.2, -0.15) is 5.10 Å². The van der Waals surface area contributed by atoms with Crippen molar-refractivity contribution < 1.29 is 13.9 Å². The molecule has 3 aromatic rings. The van der Waals surface area contributed by atoms with Gasteiger partial charge in [-0.1, -0.05) is 24.3 Å². The number of carbonyl (C=O) groups is 1. The average molecular weight is 441 g/mol. The van der Waals surface area contributed by atoms with Gasteiger partial charge < -0.3 is 15.0 Å². The van der Waals surface area contributed by atoms with Gasteiger partial charge in [-0.3, -0.25) is 4.68 Å². The van der Waals surface area contributed by atoms with Gasteiger partial charge in [-0.15, -0.1) is 11.8 Å². The Kier molecular flexibility index (Phi) is 6.58. The van der Waals surface area contributed by atoms with Crippen molar-refractivity contribution in [2.75, 3.05) is 18.1 Å². The van der Waals surface area contributed by atoms with Crippen LogP contribution in [0.3, 0.4) is 0 Å². The van der Waals surface area contributed by atoms with Crippen LogP contribution in [0.1, 0.15) is 22.5 Å². The normalized spacial score (nSPS) is 13.2. The van der Waals surface area contributed by atoms with Crippen molar-refractivity contribution in [3.05, 3.63) is 76.9 Å². The highest BCUT2D eigenvalue weighted by molar-refractivity contribution is 7.98. The van der Waals surface area contributed by atoms with Crippen molar-refractivity contribution >= 4 is 23.5 Å². The lowest BCUT2D eigenvalue weighted by Gasteiger charge is -2.28. The highest BCUT2D eigenvalue weighted by Crippen LogP contribution is 2.25. The molecule has 0 saturated carbocycles. The number of rotatable bonds is 6. The Morgan fingerprint density at radius 2 is 2.06 bits per heavy atom. The zero-order valence-corrected chi connectivity index (χ0v) is 18.4. The van der Waals surface area contributed by atoms with Crippen molar-refractivity contribution in [2.45, 2.75) is 31.1 Å². The van der Waals surface area contributed by atoms with E-state index in [4.69, 9.17) is 4.74 Å². The number of fused-ring (bicyclic) bond motifs is 1. The van der Waals surface area contributed by atoms with Crippen LogP contribution in [0.2, 0.25) is 0 Å².